The highest BCUT2D eigenvalue weighted by molar-refractivity contribution is 6.09. The minimum atomic E-state index is -0.481. The van der Waals surface area contributed by atoms with Gasteiger partial charge in [-0.25, -0.2) is 0 Å². The fourth-order valence-electron chi connectivity index (χ4n) is 2.39. The van der Waals surface area contributed by atoms with Gasteiger partial charge < -0.3 is 5.11 Å². The molecule has 0 bridgehead atoms. The van der Waals surface area contributed by atoms with Crippen LogP contribution in [0.5, 0.6) is 0 Å². The highest BCUT2D eigenvalue weighted by Gasteiger charge is 2.33. The molecule has 18 heavy (non-hydrogen) atoms. The van der Waals surface area contributed by atoms with E-state index in [2.05, 4.69) is 0 Å². The quantitative estimate of drug-likeness (QED) is 0.799. The lowest BCUT2D eigenvalue weighted by molar-refractivity contribution is -0.127. The van der Waals surface area contributed by atoms with Crippen molar-refractivity contribution in [3.05, 3.63) is 34.9 Å². The summed E-state index contributed by atoms with van der Waals surface area (Å²) < 4.78 is 0. The molecule has 0 saturated heterocycles. The van der Waals surface area contributed by atoms with Crippen LogP contribution >= 0.6 is 0 Å². The summed E-state index contributed by atoms with van der Waals surface area (Å²) in [7, 11) is 1.50. The summed E-state index contributed by atoms with van der Waals surface area (Å²) in [6.07, 6.45) is 1.87. The molecule has 3 rings (SSSR count). The zero-order valence-corrected chi connectivity index (χ0v) is 10.2. The molecular formula is C14H15NO3. The molecule has 2 aliphatic rings. The monoisotopic (exact) mass is 245 g/mol. The summed E-state index contributed by atoms with van der Waals surface area (Å²) in [6, 6.07) is 5.36. The van der Waals surface area contributed by atoms with E-state index in [1.54, 1.807) is 12.1 Å². The smallest absolute Gasteiger partial charge is 0.260 e. The molecule has 1 saturated carbocycles. The number of benzene rings is 1. The summed E-state index contributed by atoms with van der Waals surface area (Å²) in [5.41, 5.74) is 2.09. The summed E-state index contributed by atoms with van der Waals surface area (Å²) >= 11 is 0. The number of carbonyl (C=O) groups excluding carboxylic acids is 2. The predicted octanol–water partition coefficient (Wildman–Crippen LogP) is 1.28. The topological polar surface area (TPSA) is 57.6 Å². The van der Waals surface area contributed by atoms with E-state index in [0.29, 0.717) is 11.5 Å². The average molecular weight is 245 g/mol. The maximum absolute atomic E-state index is 12.0. The van der Waals surface area contributed by atoms with Crippen LogP contribution < -0.4 is 0 Å². The molecule has 4 heteroatoms. The van der Waals surface area contributed by atoms with E-state index in [-0.39, 0.29) is 18.2 Å². The number of likely N-dealkylation sites (N-methyl/N-ethyl adjacent to an activating group) is 1. The van der Waals surface area contributed by atoms with E-state index in [4.69, 9.17) is 0 Å². The normalized spacial score (nSPS) is 20.9. The minimum Gasteiger partial charge on any atom is -0.388 e. The Kier molecular flexibility index (Phi) is 2.48. The van der Waals surface area contributed by atoms with Crippen LogP contribution in [0.25, 0.3) is 0 Å². The second kappa shape index (κ2) is 3.92. The van der Waals surface area contributed by atoms with Gasteiger partial charge in [-0.05, 0) is 36.0 Å². The Labute approximate surface area is 105 Å². The summed E-state index contributed by atoms with van der Waals surface area (Å²) in [4.78, 5) is 24.7. The number of imide groups is 1. The third-order valence-corrected chi connectivity index (χ3v) is 3.79. The number of aliphatic hydroxyl groups excluding tert-OH is 1. The second-order valence-corrected chi connectivity index (χ2v) is 5.13. The van der Waals surface area contributed by atoms with Crippen LogP contribution in [-0.2, 0) is 11.2 Å². The lowest BCUT2D eigenvalue weighted by Gasteiger charge is -2.24. The van der Waals surface area contributed by atoms with Crippen LogP contribution in [0.4, 0.5) is 0 Å². The van der Waals surface area contributed by atoms with E-state index in [1.165, 1.54) is 7.05 Å². The van der Waals surface area contributed by atoms with Gasteiger partial charge in [-0.1, -0.05) is 12.1 Å². The van der Waals surface area contributed by atoms with Crippen molar-refractivity contribution in [2.45, 2.75) is 25.4 Å². The highest BCUT2D eigenvalue weighted by atomic mass is 16.3. The van der Waals surface area contributed by atoms with Crippen molar-refractivity contribution >= 4 is 11.8 Å². The van der Waals surface area contributed by atoms with Crippen molar-refractivity contribution in [3.63, 3.8) is 0 Å². The number of hydrogen-bond acceptors (Lipinski definition) is 3. The maximum atomic E-state index is 12.0. The number of amides is 2. The molecule has 1 N–H and O–H groups in total. The van der Waals surface area contributed by atoms with Crippen LogP contribution in [0.1, 0.15) is 40.4 Å². The predicted molar refractivity (Wildman–Crippen MR) is 64.9 cm³/mol. The number of hydrogen-bond donors (Lipinski definition) is 1. The van der Waals surface area contributed by atoms with E-state index in [1.807, 2.05) is 6.07 Å². The van der Waals surface area contributed by atoms with Gasteiger partial charge in [0.1, 0.15) is 0 Å². The molecular weight excluding hydrogens is 230 g/mol. The van der Waals surface area contributed by atoms with Crippen LogP contribution in [0.3, 0.4) is 0 Å². The van der Waals surface area contributed by atoms with Crippen LogP contribution in [0.15, 0.2) is 18.2 Å². The van der Waals surface area contributed by atoms with E-state index >= 15 is 0 Å². The van der Waals surface area contributed by atoms with Crippen LogP contribution in [0, 0.1) is 5.92 Å². The van der Waals surface area contributed by atoms with Gasteiger partial charge in [0.15, 0.2) is 0 Å². The number of aliphatic hydroxyl groups is 1. The number of carbonyl (C=O) groups is 2. The summed E-state index contributed by atoms with van der Waals surface area (Å²) in [5, 5.41) is 10.1. The third-order valence-electron chi connectivity index (χ3n) is 3.79. The Morgan fingerprint density at radius 3 is 2.72 bits per heavy atom. The number of fused-ring (bicyclic) bond motifs is 1. The third kappa shape index (κ3) is 1.73. The van der Waals surface area contributed by atoms with Gasteiger partial charge in [0.25, 0.3) is 5.91 Å². The lowest BCUT2D eigenvalue weighted by Crippen LogP contribution is -2.39. The van der Waals surface area contributed by atoms with Crippen molar-refractivity contribution in [1.82, 2.24) is 4.90 Å². The van der Waals surface area contributed by atoms with E-state index < -0.39 is 6.10 Å². The number of nitrogens with zero attached hydrogens (tertiary/aromatic N) is 1. The Bertz CT molecular complexity index is 534. The van der Waals surface area contributed by atoms with Gasteiger partial charge in [0, 0.05) is 12.6 Å². The van der Waals surface area contributed by atoms with Gasteiger partial charge in [-0.3, -0.25) is 14.5 Å². The first-order valence-corrected chi connectivity index (χ1v) is 6.19. The molecule has 0 radical (unpaired) electrons. The molecule has 1 aromatic carbocycles. The van der Waals surface area contributed by atoms with Crippen molar-refractivity contribution in [2.24, 2.45) is 5.92 Å². The molecule has 0 aromatic heterocycles. The summed E-state index contributed by atoms with van der Waals surface area (Å²) in [6.45, 7) is 0. The molecule has 1 heterocycles. The number of rotatable bonds is 2. The molecule has 2 amide bonds. The van der Waals surface area contributed by atoms with Crippen molar-refractivity contribution in [2.75, 3.05) is 7.05 Å². The van der Waals surface area contributed by atoms with E-state index in [9.17, 15) is 14.7 Å². The molecule has 1 unspecified atom stereocenters. The zero-order chi connectivity index (χ0) is 12.9. The fraction of sp³-hybridized carbons (Fsp3) is 0.429. The zero-order valence-electron chi connectivity index (χ0n) is 10.2. The largest absolute Gasteiger partial charge is 0.388 e. The molecule has 1 aliphatic heterocycles. The van der Waals surface area contributed by atoms with E-state index in [0.717, 1.165) is 28.9 Å². The standard InChI is InChI=1S/C14H15NO3/c1-15-12(16)7-9-4-5-10(6-11(9)14(15)18)13(17)8-2-3-8/h4-6,8,13,17H,2-3,7H2,1H3. The molecule has 1 fully saturated rings. The van der Waals surface area contributed by atoms with Crippen molar-refractivity contribution in [3.8, 4) is 0 Å². The molecule has 1 atom stereocenters. The van der Waals surface area contributed by atoms with Gasteiger partial charge >= 0.3 is 0 Å². The molecule has 4 nitrogen and oxygen atoms in total. The van der Waals surface area contributed by atoms with Crippen molar-refractivity contribution < 1.29 is 14.7 Å². The summed E-state index contributed by atoms with van der Waals surface area (Å²) in [5.74, 6) is -0.116. The molecule has 0 spiro atoms. The first-order chi connectivity index (χ1) is 8.58. The Hall–Kier alpha value is -1.68. The Balaban J connectivity index is 1.99. The second-order valence-electron chi connectivity index (χ2n) is 5.13. The molecule has 1 aliphatic carbocycles. The fourth-order valence-corrected chi connectivity index (χ4v) is 2.39. The Morgan fingerprint density at radius 1 is 1.33 bits per heavy atom. The lowest BCUT2D eigenvalue weighted by atomic mass is 9.94. The maximum Gasteiger partial charge on any atom is 0.260 e. The molecule has 94 valence electrons. The first kappa shape index (κ1) is 11.4. The van der Waals surface area contributed by atoms with Gasteiger partial charge in [-0.15, -0.1) is 0 Å². The van der Waals surface area contributed by atoms with Gasteiger partial charge in [0.2, 0.25) is 5.91 Å². The minimum absolute atomic E-state index is 0.178. The average Bonchev–Trinajstić information content (AvgIpc) is 3.19. The van der Waals surface area contributed by atoms with Crippen molar-refractivity contribution in [1.29, 1.82) is 0 Å². The SMILES string of the molecule is CN1C(=O)Cc2ccc(C(O)C3CC3)cc2C1=O. The molecule has 1 aromatic rings. The van der Waals surface area contributed by atoms with Gasteiger partial charge in [0.05, 0.1) is 12.5 Å². The van der Waals surface area contributed by atoms with Crippen LogP contribution in [-0.4, -0.2) is 28.9 Å². The van der Waals surface area contributed by atoms with Crippen LogP contribution in [0.2, 0.25) is 0 Å². The first-order valence-electron chi connectivity index (χ1n) is 6.19. The van der Waals surface area contributed by atoms with Gasteiger partial charge in [-0.2, -0.15) is 0 Å². The Morgan fingerprint density at radius 2 is 2.06 bits per heavy atom. The highest BCUT2D eigenvalue weighted by Crippen LogP contribution is 2.41.